The molecule has 2 aliphatic heterocycles. The van der Waals surface area contributed by atoms with E-state index in [0.29, 0.717) is 23.3 Å². The molecule has 2 amide bonds. The summed E-state index contributed by atoms with van der Waals surface area (Å²) in [6.07, 6.45) is -0.616. The van der Waals surface area contributed by atoms with Crippen LogP contribution in [-0.2, 0) is 9.53 Å². The van der Waals surface area contributed by atoms with Crippen molar-refractivity contribution in [3.05, 3.63) is 65.0 Å². The lowest BCUT2D eigenvalue weighted by Crippen LogP contribution is -2.53. The number of methoxy groups -OCH3 is 1. The molecule has 0 aliphatic carbocycles. The summed E-state index contributed by atoms with van der Waals surface area (Å²) in [6, 6.07) is 9.57. The number of ether oxygens (including phenoxy) is 2. The highest BCUT2D eigenvalue weighted by atomic mass is 19.1. The molecule has 38 heavy (non-hydrogen) atoms. The first-order valence-corrected chi connectivity index (χ1v) is 12.6. The monoisotopic (exact) mass is 526 g/mol. The first kappa shape index (κ1) is 27.5. The number of benzene rings is 2. The number of rotatable bonds is 7. The van der Waals surface area contributed by atoms with Crippen LogP contribution in [-0.4, -0.2) is 58.7 Å². The van der Waals surface area contributed by atoms with E-state index < -0.39 is 41.1 Å². The van der Waals surface area contributed by atoms with Crippen molar-refractivity contribution in [3.63, 3.8) is 0 Å². The fourth-order valence-corrected chi connectivity index (χ4v) is 5.06. The highest BCUT2D eigenvalue weighted by Gasteiger charge is 2.43. The van der Waals surface area contributed by atoms with Gasteiger partial charge in [0, 0.05) is 24.8 Å². The van der Waals surface area contributed by atoms with Crippen molar-refractivity contribution in [2.24, 2.45) is 10.7 Å². The Balaban J connectivity index is 1.68. The van der Waals surface area contributed by atoms with Crippen molar-refractivity contribution in [3.8, 4) is 5.75 Å². The van der Waals surface area contributed by atoms with E-state index in [0.717, 1.165) is 6.07 Å². The highest BCUT2D eigenvalue weighted by Crippen LogP contribution is 2.40. The molecule has 204 valence electrons. The van der Waals surface area contributed by atoms with Gasteiger partial charge in [-0.25, -0.2) is 9.38 Å². The van der Waals surface area contributed by atoms with Crippen LogP contribution < -0.4 is 15.8 Å². The zero-order valence-electron chi connectivity index (χ0n) is 22.3. The lowest BCUT2D eigenvalue weighted by Gasteiger charge is -2.42. The van der Waals surface area contributed by atoms with Gasteiger partial charge in [-0.2, -0.15) is 0 Å². The predicted molar refractivity (Wildman–Crippen MR) is 140 cm³/mol. The number of aliphatic hydroxyl groups excluding tert-OH is 1. The number of guanidine groups is 1. The van der Waals surface area contributed by atoms with Crippen LogP contribution in [0.15, 0.2) is 47.5 Å². The van der Waals surface area contributed by atoms with E-state index in [1.54, 1.807) is 32.0 Å². The first-order valence-electron chi connectivity index (χ1n) is 12.6. The molecule has 2 aromatic carbocycles. The lowest BCUT2D eigenvalue weighted by atomic mass is 9.86. The fourth-order valence-electron chi connectivity index (χ4n) is 5.06. The van der Waals surface area contributed by atoms with Gasteiger partial charge in [0.15, 0.2) is 5.96 Å². The summed E-state index contributed by atoms with van der Waals surface area (Å²) in [5.74, 6) is -0.895. The molecule has 2 aliphatic rings. The average molecular weight is 527 g/mol. The Morgan fingerprint density at radius 1 is 1.29 bits per heavy atom. The SMILES string of the molecule is COCC[C@H](c1cc(F)cc(C(=O)N[C@@H]2c3ccccc3OC(C)(C)[C@H]2O)c1)N1C(=O)CC(C)(C)N=C1N. The largest absolute Gasteiger partial charge is 0.485 e. The molecule has 0 unspecified atom stereocenters. The van der Waals surface area contributed by atoms with Gasteiger partial charge in [-0.05, 0) is 63.9 Å². The van der Waals surface area contributed by atoms with Gasteiger partial charge >= 0.3 is 0 Å². The van der Waals surface area contributed by atoms with Crippen molar-refractivity contribution in [1.82, 2.24) is 10.2 Å². The number of nitrogens with zero attached hydrogens (tertiary/aromatic N) is 2. The van der Waals surface area contributed by atoms with Gasteiger partial charge in [-0.15, -0.1) is 0 Å². The summed E-state index contributed by atoms with van der Waals surface area (Å²) in [7, 11) is 1.53. The predicted octanol–water partition coefficient (Wildman–Crippen LogP) is 3.23. The number of amides is 2. The molecular weight excluding hydrogens is 491 g/mol. The molecule has 0 saturated heterocycles. The summed E-state index contributed by atoms with van der Waals surface area (Å²) in [4.78, 5) is 32.3. The average Bonchev–Trinajstić information content (AvgIpc) is 2.82. The van der Waals surface area contributed by atoms with Gasteiger partial charge in [0.2, 0.25) is 5.91 Å². The van der Waals surface area contributed by atoms with Gasteiger partial charge in [0.25, 0.3) is 5.91 Å². The number of halogens is 1. The van der Waals surface area contributed by atoms with E-state index in [-0.39, 0.29) is 30.5 Å². The maximum absolute atomic E-state index is 14.9. The number of para-hydroxylation sites is 1. The van der Waals surface area contributed by atoms with Gasteiger partial charge in [-0.1, -0.05) is 18.2 Å². The van der Waals surface area contributed by atoms with Gasteiger partial charge in [-0.3, -0.25) is 14.5 Å². The zero-order chi connectivity index (χ0) is 27.8. The van der Waals surface area contributed by atoms with E-state index in [4.69, 9.17) is 15.2 Å². The molecule has 4 rings (SSSR count). The number of nitrogens with two attached hydrogens (primary N) is 1. The number of nitrogens with one attached hydrogen (secondary N) is 1. The van der Waals surface area contributed by atoms with Crippen LogP contribution in [0.5, 0.6) is 5.75 Å². The summed E-state index contributed by atoms with van der Waals surface area (Å²) in [5, 5.41) is 13.9. The minimum Gasteiger partial charge on any atom is -0.485 e. The third kappa shape index (κ3) is 5.51. The summed E-state index contributed by atoms with van der Waals surface area (Å²) >= 11 is 0. The number of carbonyl (C=O) groups is 2. The normalized spacial score (nSPS) is 22.7. The second-order valence-corrected chi connectivity index (χ2v) is 10.9. The molecule has 3 atom stereocenters. The van der Waals surface area contributed by atoms with Crippen molar-refractivity contribution < 1.29 is 28.6 Å². The number of hydrogen-bond acceptors (Lipinski definition) is 7. The molecule has 2 aromatic rings. The molecule has 9 nitrogen and oxygen atoms in total. The highest BCUT2D eigenvalue weighted by molar-refractivity contribution is 5.99. The number of carbonyl (C=O) groups excluding carboxylic acids is 2. The molecule has 0 saturated carbocycles. The standard InChI is InChI=1S/C28H35FN4O5/c1-27(2)15-22(34)33(26(30)32-27)20(10-11-37-5)16-12-17(14-18(29)13-16)25(36)31-23-19-8-6-7-9-21(19)38-28(3,4)24(23)35/h6-9,12-14,20,23-24,35H,10-11,15H2,1-5H3,(H2,30,32)(H,31,36)/t20-,23-,24+/m1/s1. The van der Waals surface area contributed by atoms with E-state index in [2.05, 4.69) is 10.3 Å². The molecule has 0 fully saturated rings. The van der Waals surface area contributed by atoms with Crippen molar-refractivity contribution in [1.29, 1.82) is 0 Å². The van der Waals surface area contributed by atoms with Crippen LogP contribution in [0, 0.1) is 5.82 Å². The number of fused-ring (bicyclic) bond motifs is 1. The third-order valence-electron chi connectivity index (χ3n) is 6.93. The number of aliphatic hydroxyl groups is 1. The maximum atomic E-state index is 14.9. The smallest absolute Gasteiger partial charge is 0.251 e. The van der Waals surface area contributed by atoms with Crippen molar-refractivity contribution in [2.75, 3.05) is 13.7 Å². The number of aliphatic imine (C=N–C) groups is 1. The molecule has 4 N–H and O–H groups in total. The maximum Gasteiger partial charge on any atom is 0.251 e. The second-order valence-electron chi connectivity index (χ2n) is 10.9. The first-order chi connectivity index (χ1) is 17.8. The second kappa shape index (κ2) is 10.3. The Hall–Kier alpha value is -3.50. The molecule has 0 aromatic heterocycles. The van der Waals surface area contributed by atoms with Crippen LogP contribution >= 0.6 is 0 Å². The Morgan fingerprint density at radius 2 is 2.00 bits per heavy atom. The van der Waals surface area contributed by atoms with Crippen LogP contribution in [0.2, 0.25) is 0 Å². The summed E-state index contributed by atoms with van der Waals surface area (Å²) in [6.45, 7) is 7.36. The van der Waals surface area contributed by atoms with Gasteiger partial charge in [0.1, 0.15) is 23.3 Å². The lowest BCUT2D eigenvalue weighted by molar-refractivity contribution is -0.131. The van der Waals surface area contributed by atoms with Crippen LogP contribution in [0.3, 0.4) is 0 Å². The molecule has 0 spiro atoms. The Kier molecular flexibility index (Phi) is 7.49. The van der Waals surface area contributed by atoms with Crippen LogP contribution in [0.1, 0.15) is 74.1 Å². The van der Waals surface area contributed by atoms with E-state index in [9.17, 15) is 19.1 Å². The van der Waals surface area contributed by atoms with Crippen molar-refractivity contribution in [2.45, 2.75) is 69.9 Å². The van der Waals surface area contributed by atoms with E-state index in [1.807, 2.05) is 19.9 Å². The minimum atomic E-state index is -1.06. The van der Waals surface area contributed by atoms with Crippen LogP contribution in [0.25, 0.3) is 0 Å². The molecule has 10 heteroatoms. The quantitative estimate of drug-likeness (QED) is 0.509. The molecule has 2 heterocycles. The zero-order valence-corrected chi connectivity index (χ0v) is 22.3. The van der Waals surface area contributed by atoms with Gasteiger partial charge < -0.3 is 25.6 Å². The summed E-state index contributed by atoms with van der Waals surface area (Å²) in [5.41, 5.74) is 5.62. The van der Waals surface area contributed by atoms with E-state index in [1.165, 1.54) is 24.1 Å². The van der Waals surface area contributed by atoms with Crippen molar-refractivity contribution >= 4 is 17.8 Å². The molecule has 0 radical (unpaired) electrons. The Labute approximate surface area is 221 Å². The van der Waals surface area contributed by atoms with E-state index >= 15 is 0 Å². The number of hydrogen-bond donors (Lipinski definition) is 3. The third-order valence-corrected chi connectivity index (χ3v) is 6.93. The fraction of sp³-hybridized carbons (Fsp3) is 0.464. The molecule has 0 bridgehead atoms. The topological polar surface area (TPSA) is 126 Å². The van der Waals surface area contributed by atoms with Gasteiger partial charge in [0.05, 0.1) is 24.0 Å². The minimum absolute atomic E-state index is 0.0341. The molecular formula is C28H35FN4O5. The van der Waals surface area contributed by atoms with Crippen LogP contribution in [0.4, 0.5) is 4.39 Å². The Bertz CT molecular complexity index is 1260. The summed E-state index contributed by atoms with van der Waals surface area (Å²) < 4.78 is 26.1. The Morgan fingerprint density at radius 3 is 2.68 bits per heavy atom.